The van der Waals surface area contributed by atoms with Gasteiger partial charge in [0.1, 0.15) is 23.8 Å². The van der Waals surface area contributed by atoms with Gasteiger partial charge in [-0.25, -0.2) is 24.3 Å². The Labute approximate surface area is 188 Å². The fraction of sp³-hybridized carbons (Fsp3) is 0.136. The van der Waals surface area contributed by atoms with Crippen molar-refractivity contribution in [3.63, 3.8) is 0 Å². The standard InChI is InChI=1S/C22H19ClFN7O/c1-31(2)11-21(32)30-20-10-19(26-12-27-20)28-17-9-18(15-8-13(23)5-6-16(15)24)29-22-14(17)4-3-7-25-22/h3-10,12H,11H2,1-2H3,(H2,25,26,27,28,29,30,32). The van der Waals surface area contributed by atoms with Crippen molar-refractivity contribution in [3.8, 4) is 11.3 Å². The lowest BCUT2D eigenvalue weighted by atomic mass is 10.1. The number of carbonyl (C=O) groups excluding carboxylic acids is 1. The van der Waals surface area contributed by atoms with Crippen LogP contribution in [0.25, 0.3) is 22.3 Å². The first-order valence-corrected chi connectivity index (χ1v) is 10.0. The molecule has 4 aromatic rings. The third-order valence-corrected chi connectivity index (χ3v) is 4.68. The van der Waals surface area contributed by atoms with Gasteiger partial charge in [0.2, 0.25) is 5.91 Å². The van der Waals surface area contributed by atoms with E-state index >= 15 is 0 Å². The van der Waals surface area contributed by atoms with E-state index in [2.05, 4.69) is 30.6 Å². The van der Waals surface area contributed by atoms with Crippen LogP contribution in [-0.2, 0) is 4.79 Å². The summed E-state index contributed by atoms with van der Waals surface area (Å²) in [4.78, 5) is 30.9. The summed E-state index contributed by atoms with van der Waals surface area (Å²) in [5, 5.41) is 7.04. The minimum absolute atomic E-state index is 0.197. The van der Waals surface area contributed by atoms with Gasteiger partial charge in [-0.1, -0.05) is 11.6 Å². The lowest BCUT2D eigenvalue weighted by Gasteiger charge is -2.13. The van der Waals surface area contributed by atoms with E-state index in [0.29, 0.717) is 33.7 Å². The number of nitrogens with zero attached hydrogens (tertiary/aromatic N) is 5. The largest absolute Gasteiger partial charge is 0.339 e. The van der Waals surface area contributed by atoms with Gasteiger partial charge in [-0.3, -0.25) is 4.79 Å². The fourth-order valence-corrected chi connectivity index (χ4v) is 3.27. The van der Waals surface area contributed by atoms with Crippen molar-refractivity contribution >= 4 is 45.9 Å². The van der Waals surface area contributed by atoms with Gasteiger partial charge in [0.15, 0.2) is 5.65 Å². The molecule has 0 fully saturated rings. The Hall–Kier alpha value is -3.69. The second-order valence-corrected chi connectivity index (χ2v) is 7.69. The number of pyridine rings is 2. The van der Waals surface area contributed by atoms with Gasteiger partial charge >= 0.3 is 0 Å². The van der Waals surface area contributed by atoms with E-state index in [1.807, 2.05) is 6.07 Å². The molecule has 0 bridgehead atoms. The molecule has 0 atom stereocenters. The molecule has 8 nitrogen and oxygen atoms in total. The molecule has 10 heteroatoms. The molecule has 0 unspecified atom stereocenters. The Morgan fingerprint density at radius 3 is 2.72 bits per heavy atom. The Balaban J connectivity index is 1.71. The molecule has 0 aliphatic carbocycles. The predicted molar refractivity (Wildman–Crippen MR) is 122 cm³/mol. The number of likely N-dealkylation sites (N-methyl/N-ethyl adjacent to an activating group) is 1. The number of hydrogen-bond acceptors (Lipinski definition) is 7. The van der Waals surface area contributed by atoms with E-state index in [1.54, 1.807) is 43.4 Å². The maximum Gasteiger partial charge on any atom is 0.239 e. The molecule has 3 heterocycles. The summed E-state index contributed by atoms with van der Waals surface area (Å²) in [7, 11) is 3.60. The zero-order valence-electron chi connectivity index (χ0n) is 17.3. The molecule has 162 valence electrons. The highest BCUT2D eigenvalue weighted by atomic mass is 35.5. The van der Waals surface area contributed by atoms with E-state index in [9.17, 15) is 9.18 Å². The van der Waals surface area contributed by atoms with Crippen molar-refractivity contribution in [2.75, 3.05) is 31.3 Å². The Bertz CT molecular complexity index is 1300. The third kappa shape index (κ3) is 4.96. The lowest BCUT2D eigenvalue weighted by Crippen LogP contribution is -2.27. The molecular formula is C22H19ClFN7O. The number of rotatable bonds is 6. The highest BCUT2D eigenvalue weighted by molar-refractivity contribution is 6.30. The number of fused-ring (bicyclic) bond motifs is 1. The zero-order valence-corrected chi connectivity index (χ0v) is 18.1. The van der Waals surface area contributed by atoms with Crippen molar-refractivity contribution in [2.45, 2.75) is 0 Å². The first kappa shape index (κ1) is 21.5. The number of nitrogens with one attached hydrogen (secondary N) is 2. The van der Waals surface area contributed by atoms with Crippen LogP contribution in [0.5, 0.6) is 0 Å². The Morgan fingerprint density at radius 2 is 1.91 bits per heavy atom. The van der Waals surface area contributed by atoms with Gasteiger partial charge in [-0.2, -0.15) is 0 Å². The van der Waals surface area contributed by atoms with Gasteiger partial charge in [-0.15, -0.1) is 0 Å². The lowest BCUT2D eigenvalue weighted by molar-refractivity contribution is -0.116. The summed E-state index contributed by atoms with van der Waals surface area (Å²) in [5.74, 6) is 0.147. The third-order valence-electron chi connectivity index (χ3n) is 4.45. The number of carbonyl (C=O) groups is 1. The van der Waals surface area contributed by atoms with Crippen LogP contribution in [0.15, 0.2) is 55.0 Å². The summed E-state index contributed by atoms with van der Waals surface area (Å²) < 4.78 is 14.5. The highest BCUT2D eigenvalue weighted by Crippen LogP contribution is 2.31. The highest BCUT2D eigenvalue weighted by Gasteiger charge is 2.13. The smallest absolute Gasteiger partial charge is 0.239 e. The summed E-state index contributed by atoms with van der Waals surface area (Å²) in [6.45, 7) is 0.224. The molecule has 0 aliphatic heterocycles. The Kier molecular flexibility index (Phi) is 6.20. The normalized spacial score (nSPS) is 11.0. The van der Waals surface area contributed by atoms with Gasteiger partial charge in [-0.05, 0) is 50.5 Å². The minimum atomic E-state index is -0.448. The second kappa shape index (κ2) is 9.21. The number of aromatic nitrogens is 4. The zero-order chi connectivity index (χ0) is 22.7. The van der Waals surface area contributed by atoms with Crippen LogP contribution < -0.4 is 10.6 Å². The van der Waals surface area contributed by atoms with Crippen molar-refractivity contribution in [3.05, 3.63) is 65.8 Å². The van der Waals surface area contributed by atoms with Crippen LogP contribution >= 0.6 is 11.6 Å². The molecular weight excluding hydrogens is 433 g/mol. The molecule has 32 heavy (non-hydrogen) atoms. The number of amides is 1. The minimum Gasteiger partial charge on any atom is -0.339 e. The van der Waals surface area contributed by atoms with Crippen molar-refractivity contribution in [1.29, 1.82) is 0 Å². The summed E-state index contributed by atoms with van der Waals surface area (Å²) in [6.07, 6.45) is 2.95. The maximum atomic E-state index is 14.5. The van der Waals surface area contributed by atoms with E-state index in [4.69, 9.17) is 11.6 Å². The van der Waals surface area contributed by atoms with Crippen LogP contribution in [-0.4, -0.2) is 51.4 Å². The van der Waals surface area contributed by atoms with Crippen LogP contribution in [0, 0.1) is 5.82 Å². The van der Waals surface area contributed by atoms with Crippen molar-refractivity contribution < 1.29 is 9.18 Å². The van der Waals surface area contributed by atoms with Gasteiger partial charge in [0.25, 0.3) is 0 Å². The molecule has 0 spiro atoms. The van der Waals surface area contributed by atoms with Crippen molar-refractivity contribution in [2.24, 2.45) is 0 Å². The molecule has 1 aromatic carbocycles. The molecule has 0 saturated carbocycles. The molecule has 4 rings (SSSR count). The average Bonchev–Trinajstić information content (AvgIpc) is 2.75. The second-order valence-electron chi connectivity index (χ2n) is 7.25. The predicted octanol–water partition coefficient (Wildman–Crippen LogP) is 4.12. The van der Waals surface area contributed by atoms with Crippen LogP contribution in [0.3, 0.4) is 0 Å². The molecule has 0 aliphatic rings. The van der Waals surface area contributed by atoms with E-state index in [-0.39, 0.29) is 18.0 Å². The van der Waals surface area contributed by atoms with Crippen LogP contribution in [0.2, 0.25) is 5.02 Å². The van der Waals surface area contributed by atoms with Crippen molar-refractivity contribution in [1.82, 2.24) is 24.8 Å². The van der Waals surface area contributed by atoms with E-state index < -0.39 is 5.82 Å². The summed E-state index contributed by atoms with van der Waals surface area (Å²) in [5.41, 5.74) is 1.67. The maximum absolute atomic E-state index is 14.5. The van der Waals surface area contributed by atoms with Gasteiger partial charge in [0.05, 0.1) is 17.9 Å². The first-order chi connectivity index (χ1) is 15.4. The molecule has 1 amide bonds. The monoisotopic (exact) mass is 451 g/mol. The van der Waals surface area contributed by atoms with Gasteiger partial charge < -0.3 is 15.5 Å². The quantitative estimate of drug-likeness (QED) is 0.455. The molecule has 0 saturated heterocycles. The summed E-state index contributed by atoms with van der Waals surface area (Å²) >= 11 is 6.06. The summed E-state index contributed by atoms with van der Waals surface area (Å²) in [6, 6.07) is 11.2. The fourth-order valence-electron chi connectivity index (χ4n) is 3.09. The number of anilines is 3. The molecule has 2 N–H and O–H groups in total. The van der Waals surface area contributed by atoms with E-state index in [1.165, 1.54) is 24.5 Å². The SMILES string of the molecule is CN(C)CC(=O)Nc1cc(Nc2cc(-c3cc(Cl)ccc3F)nc3ncccc23)ncn1. The Morgan fingerprint density at radius 1 is 1.09 bits per heavy atom. The average molecular weight is 452 g/mol. The van der Waals surface area contributed by atoms with Gasteiger partial charge in [0, 0.05) is 28.2 Å². The number of hydrogen-bond donors (Lipinski definition) is 2. The van der Waals surface area contributed by atoms with E-state index in [0.717, 1.165) is 5.39 Å². The number of halogens is 2. The first-order valence-electron chi connectivity index (χ1n) is 9.64. The topological polar surface area (TPSA) is 95.9 Å². The number of benzene rings is 1. The molecule has 3 aromatic heterocycles. The van der Waals surface area contributed by atoms with Crippen LogP contribution in [0.4, 0.5) is 21.7 Å². The molecule has 0 radical (unpaired) electrons. The van der Waals surface area contributed by atoms with Crippen LogP contribution in [0.1, 0.15) is 0 Å².